The summed E-state index contributed by atoms with van der Waals surface area (Å²) in [5.41, 5.74) is 14.5. The maximum Gasteiger partial charge on any atom is 0.161 e. The number of pyridine rings is 2. The third-order valence-electron chi connectivity index (χ3n) is 9.05. The van der Waals surface area contributed by atoms with Gasteiger partial charge in [-0.1, -0.05) is 109 Å². The van der Waals surface area contributed by atoms with E-state index >= 15 is 0 Å². The van der Waals surface area contributed by atoms with Crippen LogP contribution in [-0.4, -0.2) is 27.9 Å². The molecule has 7 rings (SSSR count). The Morgan fingerprint density at radius 1 is 0.481 bits per heavy atom. The van der Waals surface area contributed by atoms with E-state index in [1.54, 1.807) is 0 Å². The number of aliphatic imine (C=N–C) groups is 2. The number of benzene rings is 5. The van der Waals surface area contributed by atoms with E-state index in [2.05, 4.69) is 66.7 Å². The van der Waals surface area contributed by atoms with Crippen molar-refractivity contribution < 1.29 is 0 Å². The molecule has 0 aliphatic heterocycles. The minimum Gasteiger partial charge on any atom is -0.282 e. The van der Waals surface area contributed by atoms with Gasteiger partial charge < -0.3 is 0 Å². The molecule has 5 nitrogen and oxygen atoms in total. The molecule has 1 N–H and O–H groups in total. The molecule has 52 heavy (non-hydrogen) atoms. The average molecular weight is 674 g/mol. The second kappa shape index (κ2) is 15.1. The largest absolute Gasteiger partial charge is 0.282 e. The van der Waals surface area contributed by atoms with Crippen molar-refractivity contribution in [3.05, 3.63) is 191 Å². The second-order valence-electron chi connectivity index (χ2n) is 13.0. The molecule has 0 radical (unpaired) electrons. The highest BCUT2D eigenvalue weighted by Gasteiger charge is 2.14. The van der Waals surface area contributed by atoms with Crippen LogP contribution in [0.4, 0.5) is 0 Å². The first-order chi connectivity index (χ1) is 25.3. The maximum atomic E-state index is 9.46. The Morgan fingerprint density at radius 3 is 1.54 bits per heavy atom. The first-order valence-electron chi connectivity index (χ1n) is 17.4. The third kappa shape index (κ3) is 7.74. The van der Waals surface area contributed by atoms with Crippen molar-refractivity contribution in [1.82, 2.24) is 9.97 Å². The lowest BCUT2D eigenvalue weighted by Gasteiger charge is -2.14. The predicted octanol–water partition coefficient (Wildman–Crippen LogP) is 11.3. The van der Waals surface area contributed by atoms with Crippen molar-refractivity contribution in [1.29, 1.82) is 5.41 Å². The van der Waals surface area contributed by atoms with E-state index in [1.807, 2.05) is 119 Å². The summed E-state index contributed by atoms with van der Waals surface area (Å²) >= 11 is 0. The van der Waals surface area contributed by atoms with Crippen molar-refractivity contribution in [2.75, 3.05) is 0 Å². The van der Waals surface area contributed by atoms with E-state index in [0.717, 1.165) is 78.4 Å². The lowest BCUT2D eigenvalue weighted by molar-refractivity contribution is 1.12. The van der Waals surface area contributed by atoms with Gasteiger partial charge in [-0.05, 0) is 109 Å². The summed E-state index contributed by atoms with van der Waals surface area (Å²) in [7, 11) is 0. The van der Waals surface area contributed by atoms with Crippen molar-refractivity contribution in [2.45, 2.75) is 27.7 Å². The van der Waals surface area contributed by atoms with Gasteiger partial charge in [0, 0.05) is 51.2 Å². The van der Waals surface area contributed by atoms with Gasteiger partial charge in [0.15, 0.2) is 11.7 Å². The van der Waals surface area contributed by atoms with E-state index in [4.69, 9.17) is 20.0 Å². The summed E-state index contributed by atoms with van der Waals surface area (Å²) in [6.07, 6.45) is 1.83. The van der Waals surface area contributed by atoms with Crippen LogP contribution in [-0.2, 0) is 0 Å². The van der Waals surface area contributed by atoms with Gasteiger partial charge in [0.05, 0.1) is 0 Å². The Morgan fingerprint density at radius 2 is 0.981 bits per heavy atom. The molecule has 0 saturated heterocycles. The minimum atomic E-state index is 0.105. The smallest absolute Gasteiger partial charge is 0.161 e. The molecule has 5 aromatic carbocycles. The van der Waals surface area contributed by atoms with Crippen LogP contribution in [0.3, 0.4) is 0 Å². The van der Waals surface area contributed by atoms with Gasteiger partial charge in [-0.15, -0.1) is 0 Å². The highest BCUT2D eigenvalue weighted by atomic mass is 14.9. The second-order valence-corrected chi connectivity index (χ2v) is 13.0. The Hall–Kier alpha value is -6.59. The van der Waals surface area contributed by atoms with Crippen LogP contribution in [0.5, 0.6) is 0 Å². The molecule has 0 aliphatic rings. The Kier molecular flexibility index (Phi) is 9.85. The van der Waals surface area contributed by atoms with Crippen LogP contribution in [0.15, 0.2) is 162 Å². The molecule has 2 heterocycles. The summed E-state index contributed by atoms with van der Waals surface area (Å²) in [5.74, 6) is 0.551. The Bertz CT molecular complexity index is 2390. The zero-order chi connectivity index (χ0) is 36.0. The minimum absolute atomic E-state index is 0.105. The number of aromatic nitrogens is 2. The molecule has 0 atom stereocenters. The number of rotatable bonds is 7. The van der Waals surface area contributed by atoms with Crippen molar-refractivity contribution in [2.24, 2.45) is 9.98 Å². The molecule has 0 spiro atoms. The van der Waals surface area contributed by atoms with Crippen molar-refractivity contribution in [3.8, 4) is 44.5 Å². The first-order valence-corrected chi connectivity index (χ1v) is 17.4. The summed E-state index contributed by atoms with van der Waals surface area (Å²) in [5, 5.41) is 9.46. The van der Waals surface area contributed by atoms with Gasteiger partial charge in [-0.25, -0.2) is 9.98 Å². The highest BCUT2D eigenvalue weighted by molar-refractivity contribution is 6.14. The van der Waals surface area contributed by atoms with Gasteiger partial charge in [-0.3, -0.25) is 15.4 Å². The van der Waals surface area contributed by atoms with E-state index in [9.17, 15) is 5.41 Å². The number of amidine groups is 2. The summed E-state index contributed by atoms with van der Waals surface area (Å²) in [6, 6.07) is 51.5. The fourth-order valence-corrected chi connectivity index (χ4v) is 6.43. The van der Waals surface area contributed by atoms with Crippen LogP contribution in [0, 0.1) is 33.1 Å². The van der Waals surface area contributed by atoms with E-state index in [0.29, 0.717) is 11.4 Å². The standard InChI is InChI=1S/C47H39N5/c1-31-21-23-44(33(3)50-31)41-27-42(45-24-22-32(2)51-34(45)4)29-43(28-41)46(48)52-47(40-20-12-19-39(26-40)37-16-9-6-10-17-37)49-30-35-13-11-18-38(25-35)36-14-7-5-8-15-36/h5-30,48H,1-4H3/b48-46?,49-30+,52-47-. The molecule has 0 saturated carbocycles. The first kappa shape index (κ1) is 33.9. The van der Waals surface area contributed by atoms with Gasteiger partial charge >= 0.3 is 0 Å². The SMILES string of the molecule is Cc1ccc(-c2cc(C(=N)/N=C(\N=C\c3cccc(-c4ccccc4)c3)c3cccc(-c4ccccc4)c3)cc(-c3ccc(C)nc3C)c2)c(C)n1. The lowest BCUT2D eigenvalue weighted by atomic mass is 9.94. The van der Waals surface area contributed by atoms with Crippen LogP contribution in [0.25, 0.3) is 44.5 Å². The monoisotopic (exact) mass is 673 g/mol. The van der Waals surface area contributed by atoms with Gasteiger partial charge in [0.2, 0.25) is 0 Å². The molecule has 0 unspecified atom stereocenters. The molecule has 7 aromatic rings. The van der Waals surface area contributed by atoms with Crippen LogP contribution in [0.2, 0.25) is 0 Å². The molecule has 252 valence electrons. The Labute approximate surface area is 305 Å². The number of nitrogens with zero attached hydrogens (tertiary/aromatic N) is 4. The van der Waals surface area contributed by atoms with Crippen LogP contribution >= 0.6 is 0 Å². The molecular weight excluding hydrogens is 635 g/mol. The fraction of sp³-hybridized carbons (Fsp3) is 0.0851. The van der Waals surface area contributed by atoms with Crippen molar-refractivity contribution in [3.63, 3.8) is 0 Å². The number of aryl methyl sites for hydroxylation is 4. The lowest BCUT2D eigenvalue weighted by Crippen LogP contribution is -2.06. The van der Waals surface area contributed by atoms with E-state index in [-0.39, 0.29) is 5.84 Å². The predicted molar refractivity (Wildman–Crippen MR) is 217 cm³/mol. The number of hydrogen-bond donors (Lipinski definition) is 1. The topological polar surface area (TPSA) is 74.3 Å². The summed E-state index contributed by atoms with van der Waals surface area (Å²) in [4.78, 5) is 19.4. The Balaban J connectivity index is 1.35. The zero-order valence-corrected chi connectivity index (χ0v) is 29.8. The van der Waals surface area contributed by atoms with Gasteiger partial charge in [-0.2, -0.15) is 0 Å². The molecular formula is C47H39N5. The number of hydrogen-bond acceptors (Lipinski definition) is 3. The van der Waals surface area contributed by atoms with Gasteiger partial charge in [0.1, 0.15) is 0 Å². The molecule has 0 aliphatic carbocycles. The van der Waals surface area contributed by atoms with Crippen molar-refractivity contribution >= 4 is 17.9 Å². The molecule has 0 bridgehead atoms. The van der Waals surface area contributed by atoms with Crippen LogP contribution < -0.4 is 0 Å². The average Bonchev–Trinajstić information content (AvgIpc) is 3.17. The summed E-state index contributed by atoms with van der Waals surface area (Å²) in [6.45, 7) is 8.04. The quantitative estimate of drug-likeness (QED) is 0.135. The molecule has 0 fully saturated rings. The molecule has 5 heteroatoms. The summed E-state index contributed by atoms with van der Waals surface area (Å²) < 4.78 is 0. The fourth-order valence-electron chi connectivity index (χ4n) is 6.43. The van der Waals surface area contributed by atoms with Crippen LogP contribution in [0.1, 0.15) is 39.5 Å². The molecule has 0 amide bonds. The van der Waals surface area contributed by atoms with E-state index in [1.165, 1.54) is 0 Å². The highest BCUT2D eigenvalue weighted by Crippen LogP contribution is 2.32. The third-order valence-corrected chi connectivity index (χ3v) is 9.05. The normalized spacial score (nSPS) is 11.6. The van der Waals surface area contributed by atoms with Gasteiger partial charge in [0.25, 0.3) is 0 Å². The maximum absolute atomic E-state index is 9.46. The number of nitrogens with one attached hydrogen (secondary N) is 1. The van der Waals surface area contributed by atoms with E-state index < -0.39 is 0 Å². The molecule has 2 aromatic heterocycles. The zero-order valence-electron chi connectivity index (χ0n) is 29.8.